The van der Waals surface area contributed by atoms with Crippen LogP contribution in [0.5, 0.6) is 0 Å². The highest BCUT2D eigenvalue weighted by Gasteiger charge is 2.14. The Balaban J connectivity index is 2.36. The average molecular weight is 257 g/mol. The largest absolute Gasteiger partial charge is 0.396 e. The Kier molecular flexibility index (Phi) is 3.65. The molecule has 0 bridgehead atoms. The van der Waals surface area contributed by atoms with Crippen molar-refractivity contribution in [1.29, 1.82) is 0 Å². The molecule has 2 nitrogen and oxygen atoms in total. The summed E-state index contributed by atoms with van der Waals surface area (Å²) >= 11 is 0. The second kappa shape index (κ2) is 5.22. The Bertz CT molecular complexity index is 603. The zero-order valence-corrected chi connectivity index (χ0v) is 11.0. The summed E-state index contributed by atoms with van der Waals surface area (Å²) in [4.78, 5) is 12.3. The van der Waals surface area contributed by atoms with E-state index < -0.39 is 5.82 Å². The van der Waals surface area contributed by atoms with E-state index in [-0.39, 0.29) is 17.0 Å². The third kappa shape index (κ3) is 2.65. The molecule has 0 spiro atoms. The van der Waals surface area contributed by atoms with Crippen molar-refractivity contribution >= 4 is 11.5 Å². The van der Waals surface area contributed by atoms with Crippen LogP contribution in [-0.2, 0) is 0 Å². The summed E-state index contributed by atoms with van der Waals surface area (Å²) in [6.07, 6.45) is 0. The first kappa shape index (κ1) is 13.3. The minimum atomic E-state index is -0.565. The van der Waals surface area contributed by atoms with Crippen LogP contribution in [0.1, 0.15) is 41.3 Å². The van der Waals surface area contributed by atoms with E-state index in [1.807, 2.05) is 12.1 Å². The van der Waals surface area contributed by atoms with E-state index in [4.69, 9.17) is 5.73 Å². The van der Waals surface area contributed by atoms with Crippen molar-refractivity contribution in [3.8, 4) is 0 Å². The van der Waals surface area contributed by atoms with Crippen LogP contribution in [0.15, 0.2) is 42.5 Å². The number of carbonyl (C=O) groups is 1. The third-order valence-electron chi connectivity index (χ3n) is 3.14. The van der Waals surface area contributed by atoms with Crippen LogP contribution in [-0.4, -0.2) is 5.78 Å². The lowest BCUT2D eigenvalue weighted by atomic mass is 9.97. The van der Waals surface area contributed by atoms with Gasteiger partial charge in [0.15, 0.2) is 5.78 Å². The second-order valence-electron chi connectivity index (χ2n) is 4.81. The van der Waals surface area contributed by atoms with Gasteiger partial charge in [-0.15, -0.1) is 0 Å². The first-order valence-electron chi connectivity index (χ1n) is 6.19. The SMILES string of the molecule is CC(C)c1ccc(C(=O)c2cccc(F)c2N)cc1. The van der Waals surface area contributed by atoms with Gasteiger partial charge < -0.3 is 5.73 Å². The van der Waals surface area contributed by atoms with Gasteiger partial charge in [-0.3, -0.25) is 4.79 Å². The van der Waals surface area contributed by atoms with E-state index in [2.05, 4.69) is 13.8 Å². The van der Waals surface area contributed by atoms with Gasteiger partial charge in [0.05, 0.1) is 5.69 Å². The lowest BCUT2D eigenvalue weighted by Crippen LogP contribution is -2.07. The summed E-state index contributed by atoms with van der Waals surface area (Å²) < 4.78 is 13.3. The highest BCUT2D eigenvalue weighted by atomic mass is 19.1. The molecule has 2 N–H and O–H groups in total. The Labute approximate surface area is 112 Å². The molecule has 19 heavy (non-hydrogen) atoms. The standard InChI is InChI=1S/C16H16FNO/c1-10(2)11-6-8-12(9-7-11)16(19)13-4-3-5-14(17)15(13)18/h3-10H,18H2,1-2H3. The number of nitrogen functional groups attached to an aromatic ring is 1. The van der Waals surface area contributed by atoms with Gasteiger partial charge in [-0.2, -0.15) is 0 Å². The molecule has 98 valence electrons. The predicted octanol–water partition coefficient (Wildman–Crippen LogP) is 3.76. The van der Waals surface area contributed by atoms with Crippen molar-refractivity contribution in [3.05, 3.63) is 65.0 Å². The number of nitrogens with two attached hydrogens (primary N) is 1. The fraction of sp³-hybridized carbons (Fsp3) is 0.188. The van der Waals surface area contributed by atoms with Crippen LogP contribution < -0.4 is 5.73 Å². The van der Waals surface area contributed by atoms with Gasteiger partial charge in [-0.25, -0.2) is 4.39 Å². The molecule has 0 aromatic heterocycles. The molecule has 0 aliphatic heterocycles. The zero-order valence-electron chi connectivity index (χ0n) is 11.0. The van der Waals surface area contributed by atoms with Gasteiger partial charge in [0.1, 0.15) is 5.82 Å². The Hall–Kier alpha value is -2.16. The number of ketones is 1. The minimum absolute atomic E-state index is 0.0968. The molecular formula is C16H16FNO. The Morgan fingerprint density at radius 3 is 2.32 bits per heavy atom. The van der Waals surface area contributed by atoms with Crippen LogP contribution in [0.2, 0.25) is 0 Å². The van der Waals surface area contributed by atoms with Gasteiger partial charge in [0.2, 0.25) is 0 Å². The van der Waals surface area contributed by atoms with Crippen molar-refractivity contribution < 1.29 is 9.18 Å². The maximum atomic E-state index is 13.3. The zero-order chi connectivity index (χ0) is 14.0. The van der Waals surface area contributed by atoms with Gasteiger partial charge in [-0.05, 0) is 23.6 Å². The summed E-state index contributed by atoms with van der Waals surface area (Å²) in [5.41, 5.74) is 7.38. The highest BCUT2D eigenvalue weighted by Crippen LogP contribution is 2.21. The van der Waals surface area contributed by atoms with Crippen molar-refractivity contribution in [3.63, 3.8) is 0 Å². The van der Waals surface area contributed by atoms with E-state index in [9.17, 15) is 9.18 Å². The molecule has 0 aliphatic carbocycles. The molecule has 0 fully saturated rings. The smallest absolute Gasteiger partial charge is 0.195 e. The third-order valence-corrected chi connectivity index (χ3v) is 3.14. The molecule has 2 aromatic rings. The number of carbonyl (C=O) groups excluding carboxylic acids is 1. The molecule has 2 rings (SSSR count). The van der Waals surface area contributed by atoms with Crippen molar-refractivity contribution in [1.82, 2.24) is 0 Å². The summed E-state index contributed by atoms with van der Waals surface area (Å²) in [6, 6.07) is 11.6. The van der Waals surface area contributed by atoms with E-state index in [1.165, 1.54) is 18.2 Å². The first-order chi connectivity index (χ1) is 9.00. The molecule has 0 saturated carbocycles. The number of para-hydroxylation sites is 1. The van der Waals surface area contributed by atoms with E-state index >= 15 is 0 Å². The lowest BCUT2D eigenvalue weighted by molar-refractivity contribution is 0.103. The topological polar surface area (TPSA) is 43.1 Å². The number of rotatable bonds is 3. The summed E-state index contributed by atoms with van der Waals surface area (Å²) in [5.74, 6) is -0.416. The predicted molar refractivity (Wildman–Crippen MR) is 74.8 cm³/mol. The van der Waals surface area contributed by atoms with Crippen LogP contribution in [0.25, 0.3) is 0 Å². The number of anilines is 1. The van der Waals surface area contributed by atoms with E-state index in [0.717, 1.165) is 5.56 Å². The summed E-state index contributed by atoms with van der Waals surface area (Å²) in [6.45, 7) is 4.17. The minimum Gasteiger partial charge on any atom is -0.396 e. The number of halogens is 1. The molecule has 0 saturated heterocycles. The quantitative estimate of drug-likeness (QED) is 0.672. The van der Waals surface area contributed by atoms with Gasteiger partial charge in [-0.1, -0.05) is 44.2 Å². The lowest BCUT2D eigenvalue weighted by Gasteiger charge is -2.08. The van der Waals surface area contributed by atoms with Crippen LogP contribution >= 0.6 is 0 Å². The second-order valence-corrected chi connectivity index (χ2v) is 4.81. The average Bonchev–Trinajstić information content (AvgIpc) is 2.41. The molecule has 0 amide bonds. The molecule has 0 heterocycles. The molecule has 3 heteroatoms. The van der Waals surface area contributed by atoms with Crippen LogP contribution in [0.4, 0.5) is 10.1 Å². The summed E-state index contributed by atoms with van der Waals surface area (Å²) in [5, 5.41) is 0. The van der Waals surface area contributed by atoms with E-state index in [1.54, 1.807) is 12.1 Å². The Morgan fingerprint density at radius 1 is 1.11 bits per heavy atom. The van der Waals surface area contributed by atoms with Gasteiger partial charge in [0, 0.05) is 11.1 Å². The molecule has 0 radical (unpaired) electrons. The molecular weight excluding hydrogens is 241 g/mol. The van der Waals surface area contributed by atoms with Crippen molar-refractivity contribution in [2.24, 2.45) is 0 Å². The van der Waals surface area contributed by atoms with Crippen molar-refractivity contribution in [2.75, 3.05) is 5.73 Å². The maximum absolute atomic E-state index is 13.3. The highest BCUT2D eigenvalue weighted by molar-refractivity contribution is 6.12. The van der Waals surface area contributed by atoms with Crippen molar-refractivity contribution in [2.45, 2.75) is 19.8 Å². The number of hydrogen-bond acceptors (Lipinski definition) is 2. The fourth-order valence-corrected chi connectivity index (χ4v) is 1.91. The molecule has 2 aromatic carbocycles. The molecule has 0 aliphatic rings. The first-order valence-corrected chi connectivity index (χ1v) is 6.19. The van der Waals surface area contributed by atoms with Crippen LogP contribution in [0, 0.1) is 5.82 Å². The molecule has 0 atom stereocenters. The number of benzene rings is 2. The van der Waals surface area contributed by atoms with Gasteiger partial charge >= 0.3 is 0 Å². The maximum Gasteiger partial charge on any atom is 0.195 e. The number of hydrogen-bond donors (Lipinski definition) is 1. The summed E-state index contributed by atoms with van der Waals surface area (Å²) in [7, 11) is 0. The normalized spacial score (nSPS) is 10.7. The van der Waals surface area contributed by atoms with Crippen LogP contribution in [0.3, 0.4) is 0 Å². The fourth-order valence-electron chi connectivity index (χ4n) is 1.91. The van der Waals surface area contributed by atoms with Gasteiger partial charge in [0.25, 0.3) is 0 Å². The van der Waals surface area contributed by atoms with E-state index in [0.29, 0.717) is 11.5 Å². The Morgan fingerprint density at radius 2 is 1.74 bits per heavy atom. The molecule has 0 unspecified atom stereocenters. The monoisotopic (exact) mass is 257 g/mol.